The minimum Gasteiger partial charge on any atom is -0.488 e. The number of hydrogen-bond acceptors (Lipinski definition) is 1. The highest BCUT2D eigenvalue weighted by atomic mass is 16.5. The second kappa shape index (κ2) is 6.16. The van der Waals surface area contributed by atoms with Crippen LogP contribution in [0.5, 0.6) is 5.75 Å². The molecule has 2 heterocycles. The lowest BCUT2D eigenvalue weighted by atomic mass is 9.92. The maximum absolute atomic E-state index is 6.04. The Kier molecular flexibility index (Phi) is 3.53. The maximum atomic E-state index is 6.04. The van der Waals surface area contributed by atoms with E-state index in [1.165, 1.54) is 22.3 Å². The molecule has 1 aliphatic heterocycles. The van der Waals surface area contributed by atoms with Gasteiger partial charge in [-0.05, 0) is 29.8 Å². The first-order valence-electron chi connectivity index (χ1n) is 8.82. The lowest BCUT2D eigenvalue weighted by Gasteiger charge is -2.20. The normalized spacial score (nSPS) is 12.0. The molecule has 2 heteroatoms. The van der Waals surface area contributed by atoms with Crippen LogP contribution in [-0.2, 0) is 6.61 Å². The fourth-order valence-electron chi connectivity index (χ4n) is 3.59. The highest BCUT2D eigenvalue weighted by molar-refractivity contribution is 5.80. The van der Waals surface area contributed by atoms with E-state index in [1.807, 2.05) is 18.2 Å². The van der Waals surface area contributed by atoms with E-state index in [-0.39, 0.29) is 0 Å². The molecule has 0 amide bonds. The predicted octanol–water partition coefficient (Wildman–Crippen LogP) is 5.39. The molecule has 1 aliphatic rings. The van der Waals surface area contributed by atoms with Crippen LogP contribution in [0.4, 0.5) is 0 Å². The summed E-state index contributed by atoms with van der Waals surface area (Å²) >= 11 is 0. The molecular formula is C24H18NO+. The third-order valence-electron chi connectivity index (χ3n) is 4.87. The second-order valence-electron chi connectivity index (χ2n) is 6.47. The standard InChI is InChI=1S/C24H17NO/c1-3-9-17(10-4-1)20-15-22(18-11-5-2-6-12-18)25-24-19-13-7-8-14-23(19)26-16-21(20)24/h1-15H,16H2/p+1. The lowest BCUT2D eigenvalue weighted by Crippen LogP contribution is -2.20. The SMILES string of the molecule is c1ccc(-c2cc(-c3ccccc3)c3c([nH+]2)-c2ccccc2OC3)cc1. The number of aromatic nitrogens is 1. The zero-order valence-corrected chi connectivity index (χ0v) is 14.3. The minimum absolute atomic E-state index is 0.572. The molecule has 0 fully saturated rings. The van der Waals surface area contributed by atoms with Crippen molar-refractivity contribution in [3.8, 4) is 39.4 Å². The van der Waals surface area contributed by atoms with Crippen LogP contribution in [0.25, 0.3) is 33.6 Å². The molecule has 0 unspecified atom stereocenters. The summed E-state index contributed by atoms with van der Waals surface area (Å²) < 4.78 is 6.04. The number of aromatic amines is 1. The molecule has 1 N–H and O–H groups in total. The predicted molar refractivity (Wildman–Crippen MR) is 104 cm³/mol. The van der Waals surface area contributed by atoms with Crippen LogP contribution in [0.1, 0.15) is 5.56 Å². The van der Waals surface area contributed by atoms with Crippen LogP contribution in [0.15, 0.2) is 91.0 Å². The molecule has 4 aromatic rings. The van der Waals surface area contributed by atoms with Gasteiger partial charge in [0, 0.05) is 17.2 Å². The van der Waals surface area contributed by atoms with Crippen LogP contribution < -0.4 is 9.72 Å². The van der Waals surface area contributed by atoms with E-state index in [0.29, 0.717) is 6.61 Å². The summed E-state index contributed by atoms with van der Waals surface area (Å²) in [5.41, 5.74) is 8.17. The van der Waals surface area contributed by atoms with Crippen LogP contribution >= 0.6 is 0 Å². The Morgan fingerprint density at radius 3 is 2.08 bits per heavy atom. The first-order chi connectivity index (χ1) is 12.9. The van der Waals surface area contributed by atoms with Gasteiger partial charge in [0.05, 0.1) is 11.1 Å². The van der Waals surface area contributed by atoms with E-state index >= 15 is 0 Å². The van der Waals surface area contributed by atoms with Crippen molar-refractivity contribution in [1.29, 1.82) is 0 Å². The number of nitrogens with one attached hydrogen (secondary N) is 1. The van der Waals surface area contributed by atoms with Gasteiger partial charge in [0.25, 0.3) is 0 Å². The largest absolute Gasteiger partial charge is 0.488 e. The molecule has 0 bridgehead atoms. The summed E-state index contributed by atoms with van der Waals surface area (Å²) in [7, 11) is 0. The molecule has 0 spiro atoms. The van der Waals surface area contributed by atoms with Gasteiger partial charge < -0.3 is 4.74 Å². The van der Waals surface area contributed by atoms with Gasteiger partial charge in [0.1, 0.15) is 12.4 Å². The van der Waals surface area contributed by atoms with Crippen molar-refractivity contribution in [3.05, 3.63) is 96.6 Å². The lowest BCUT2D eigenvalue weighted by molar-refractivity contribution is -0.352. The van der Waals surface area contributed by atoms with Gasteiger partial charge in [-0.15, -0.1) is 0 Å². The van der Waals surface area contributed by atoms with Crippen LogP contribution in [0.2, 0.25) is 0 Å². The number of H-pyrrole nitrogens is 1. The number of para-hydroxylation sites is 1. The van der Waals surface area contributed by atoms with Crippen molar-refractivity contribution in [1.82, 2.24) is 0 Å². The van der Waals surface area contributed by atoms with Crippen molar-refractivity contribution in [2.75, 3.05) is 0 Å². The fraction of sp³-hybridized carbons (Fsp3) is 0.0417. The summed E-state index contributed by atoms with van der Waals surface area (Å²) in [4.78, 5) is 3.67. The topological polar surface area (TPSA) is 23.4 Å². The fourth-order valence-corrected chi connectivity index (χ4v) is 3.59. The van der Waals surface area contributed by atoms with Crippen LogP contribution in [0.3, 0.4) is 0 Å². The quantitative estimate of drug-likeness (QED) is 0.481. The zero-order chi connectivity index (χ0) is 17.3. The first kappa shape index (κ1) is 14.9. The average Bonchev–Trinajstić information content (AvgIpc) is 2.74. The molecule has 5 rings (SSSR count). The summed E-state index contributed by atoms with van der Waals surface area (Å²) in [5.74, 6) is 0.931. The van der Waals surface area contributed by atoms with Gasteiger partial charge in [-0.1, -0.05) is 60.7 Å². The molecular weight excluding hydrogens is 318 g/mol. The Morgan fingerprint density at radius 1 is 0.654 bits per heavy atom. The number of fused-ring (bicyclic) bond motifs is 3. The van der Waals surface area contributed by atoms with E-state index in [2.05, 4.69) is 77.8 Å². The molecule has 0 saturated heterocycles. The molecule has 26 heavy (non-hydrogen) atoms. The zero-order valence-electron chi connectivity index (χ0n) is 14.3. The molecule has 0 radical (unpaired) electrons. The molecule has 0 aliphatic carbocycles. The Hall–Kier alpha value is -3.39. The molecule has 124 valence electrons. The molecule has 1 aromatic heterocycles. The molecule has 3 aromatic carbocycles. The third kappa shape index (κ3) is 2.47. The van der Waals surface area contributed by atoms with Crippen molar-refractivity contribution in [2.24, 2.45) is 0 Å². The van der Waals surface area contributed by atoms with Crippen molar-refractivity contribution >= 4 is 0 Å². The van der Waals surface area contributed by atoms with E-state index in [1.54, 1.807) is 0 Å². The van der Waals surface area contributed by atoms with Gasteiger partial charge in [-0.3, -0.25) is 0 Å². The van der Waals surface area contributed by atoms with Gasteiger partial charge in [0.15, 0.2) is 0 Å². The summed E-state index contributed by atoms with van der Waals surface area (Å²) in [6.07, 6.45) is 0. The minimum atomic E-state index is 0.572. The van der Waals surface area contributed by atoms with Crippen molar-refractivity contribution < 1.29 is 9.72 Å². The van der Waals surface area contributed by atoms with Gasteiger partial charge >= 0.3 is 0 Å². The highest BCUT2D eigenvalue weighted by Crippen LogP contribution is 2.40. The Balaban J connectivity index is 1.81. The number of rotatable bonds is 2. The Labute approximate surface area is 152 Å². The smallest absolute Gasteiger partial charge is 0.222 e. The maximum Gasteiger partial charge on any atom is 0.222 e. The summed E-state index contributed by atoms with van der Waals surface area (Å²) in [6, 6.07) is 31.5. The van der Waals surface area contributed by atoms with E-state index < -0.39 is 0 Å². The first-order valence-corrected chi connectivity index (χ1v) is 8.82. The highest BCUT2D eigenvalue weighted by Gasteiger charge is 2.28. The molecule has 0 atom stereocenters. The summed E-state index contributed by atoms with van der Waals surface area (Å²) in [5, 5.41) is 0. The van der Waals surface area contributed by atoms with Gasteiger partial charge in [-0.25, -0.2) is 4.98 Å². The van der Waals surface area contributed by atoms with E-state index in [9.17, 15) is 0 Å². The molecule has 0 saturated carbocycles. The Bertz CT molecular complexity index is 1050. The number of pyridine rings is 1. The van der Waals surface area contributed by atoms with E-state index in [4.69, 9.17) is 4.74 Å². The number of hydrogen-bond donors (Lipinski definition) is 0. The Morgan fingerprint density at radius 2 is 1.31 bits per heavy atom. The van der Waals surface area contributed by atoms with Gasteiger partial charge in [-0.2, -0.15) is 0 Å². The van der Waals surface area contributed by atoms with Crippen LogP contribution in [0, 0.1) is 0 Å². The third-order valence-corrected chi connectivity index (χ3v) is 4.87. The van der Waals surface area contributed by atoms with E-state index in [0.717, 1.165) is 22.7 Å². The van der Waals surface area contributed by atoms with Crippen molar-refractivity contribution in [2.45, 2.75) is 6.61 Å². The average molecular weight is 336 g/mol. The monoisotopic (exact) mass is 336 g/mol. The second-order valence-corrected chi connectivity index (χ2v) is 6.47. The van der Waals surface area contributed by atoms with Crippen LogP contribution in [-0.4, -0.2) is 0 Å². The van der Waals surface area contributed by atoms with Gasteiger partial charge in [0.2, 0.25) is 11.4 Å². The number of ether oxygens (including phenoxy) is 1. The summed E-state index contributed by atoms with van der Waals surface area (Å²) in [6.45, 7) is 0.572. The number of benzene rings is 3. The van der Waals surface area contributed by atoms with Crippen molar-refractivity contribution in [3.63, 3.8) is 0 Å². The molecule has 2 nitrogen and oxygen atoms in total.